The van der Waals surface area contributed by atoms with Crippen molar-refractivity contribution in [3.05, 3.63) is 0 Å². The van der Waals surface area contributed by atoms with Crippen molar-refractivity contribution in [2.24, 2.45) is 22.8 Å². The number of carbonyl (C=O) groups is 1. The number of carboxylic acids is 1. The summed E-state index contributed by atoms with van der Waals surface area (Å²) in [7, 11) is -5.34. The molecule has 25 heavy (non-hydrogen) atoms. The Balaban J connectivity index is 2.02. The summed E-state index contributed by atoms with van der Waals surface area (Å²) in [5.74, 6) is -1.87. The molecule has 0 unspecified atom stereocenters. The Hall–Kier alpha value is -0.755. The second-order valence-corrected chi connectivity index (χ2v) is 9.03. The van der Waals surface area contributed by atoms with Crippen LogP contribution < -0.4 is 16.2 Å². The van der Waals surface area contributed by atoms with Crippen LogP contribution in [0.15, 0.2) is 0 Å². The van der Waals surface area contributed by atoms with Crippen molar-refractivity contribution in [1.29, 1.82) is 0 Å². The fourth-order valence-corrected chi connectivity index (χ4v) is 4.61. The van der Waals surface area contributed by atoms with Crippen LogP contribution in [0.4, 0.5) is 0 Å². The van der Waals surface area contributed by atoms with Crippen molar-refractivity contribution in [3.63, 3.8) is 0 Å². The molecule has 2 aliphatic rings. The molecule has 1 heterocycles. The van der Waals surface area contributed by atoms with E-state index in [1.54, 1.807) is 0 Å². The number of nitrogens with one attached hydrogen (secondary N) is 1. The maximum atomic E-state index is 12.5. The third-order valence-electron chi connectivity index (χ3n) is 5.36. The quantitative estimate of drug-likeness (QED) is 0.226. The van der Waals surface area contributed by atoms with Gasteiger partial charge in [0.05, 0.1) is 0 Å². The van der Waals surface area contributed by atoms with Gasteiger partial charge in [0, 0.05) is 25.6 Å². The van der Waals surface area contributed by atoms with Crippen molar-refractivity contribution in [2.45, 2.75) is 37.5 Å². The standard InChI is InChI=1S/C13H27BN4O6S/c15-7-12(3-4-12)8-17-25(23,24)18-6-10(2-1-5-14(21)22)13(16,9-18)11(19)20/h10,17,21-22H,1-9,15-16H2,(H,19,20)/t10-,13-/m0/s1. The molecule has 0 bridgehead atoms. The largest absolute Gasteiger partial charge is 0.480 e. The van der Waals surface area contributed by atoms with Crippen LogP contribution in [0.5, 0.6) is 0 Å². The molecule has 144 valence electrons. The second kappa shape index (κ2) is 7.47. The van der Waals surface area contributed by atoms with Crippen LogP contribution in [-0.4, -0.2) is 72.7 Å². The SMILES string of the molecule is NCC1(CNS(=O)(=O)N2C[C@H](CCCB(O)O)[C@](N)(C(=O)O)C2)CC1. The maximum absolute atomic E-state index is 12.5. The average Bonchev–Trinajstić information content (AvgIpc) is 3.23. The molecule has 0 aromatic rings. The van der Waals surface area contributed by atoms with E-state index in [1.165, 1.54) is 0 Å². The molecule has 8 N–H and O–H groups in total. The van der Waals surface area contributed by atoms with Gasteiger partial charge >= 0.3 is 13.1 Å². The fraction of sp³-hybridized carbons (Fsp3) is 0.923. The minimum Gasteiger partial charge on any atom is -0.480 e. The molecule has 2 fully saturated rings. The first kappa shape index (κ1) is 20.6. The van der Waals surface area contributed by atoms with Gasteiger partial charge in [-0.3, -0.25) is 4.79 Å². The normalized spacial score (nSPS) is 28.9. The van der Waals surface area contributed by atoms with Crippen LogP contribution in [0.1, 0.15) is 25.7 Å². The molecule has 1 aliphatic carbocycles. The molecular formula is C13H27BN4O6S. The van der Waals surface area contributed by atoms with E-state index in [0.717, 1.165) is 17.1 Å². The average molecular weight is 378 g/mol. The minimum absolute atomic E-state index is 0.0186. The summed E-state index contributed by atoms with van der Waals surface area (Å²) in [5, 5.41) is 27.3. The van der Waals surface area contributed by atoms with E-state index in [2.05, 4.69) is 4.72 Å². The number of rotatable bonds is 10. The Morgan fingerprint density at radius 2 is 2.00 bits per heavy atom. The molecule has 2 atom stereocenters. The van der Waals surface area contributed by atoms with Crippen LogP contribution in [0.2, 0.25) is 6.32 Å². The zero-order valence-corrected chi connectivity index (χ0v) is 14.9. The summed E-state index contributed by atoms with van der Waals surface area (Å²) in [4.78, 5) is 11.6. The maximum Gasteiger partial charge on any atom is 0.451 e. The third kappa shape index (κ3) is 4.70. The lowest BCUT2D eigenvalue weighted by atomic mass is 9.78. The summed E-state index contributed by atoms with van der Waals surface area (Å²) < 4.78 is 28.6. The Bertz CT molecular complexity index is 599. The number of nitrogens with two attached hydrogens (primary N) is 2. The zero-order valence-electron chi connectivity index (χ0n) is 14.1. The molecule has 10 nitrogen and oxygen atoms in total. The monoisotopic (exact) mass is 378 g/mol. The van der Waals surface area contributed by atoms with Gasteiger partial charge < -0.3 is 26.6 Å². The summed E-state index contributed by atoms with van der Waals surface area (Å²) in [5.41, 5.74) is 9.76. The van der Waals surface area contributed by atoms with Crippen molar-refractivity contribution < 1.29 is 28.4 Å². The summed E-state index contributed by atoms with van der Waals surface area (Å²) in [6.07, 6.45) is 2.45. The van der Waals surface area contributed by atoms with E-state index < -0.39 is 34.8 Å². The second-order valence-electron chi connectivity index (χ2n) is 7.28. The fourth-order valence-electron chi connectivity index (χ4n) is 3.18. The van der Waals surface area contributed by atoms with Gasteiger partial charge in [0.25, 0.3) is 10.2 Å². The molecule has 12 heteroatoms. The number of nitrogens with zero attached hydrogens (tertiary/aromatic N) is 1. The first-order chi connectivity index (χ1) is 11.5. The molecule has 0 amide bonds. The molecule has 1 aliphatic heterocycles. The molecule has 0 radical (unpaired) electrons. The lowest BCUT2D eigenvalue weighted by Crippen LogP contribution is -2.55. The third-order valence-corrected chi connectivity index (χ3v) is 6.83. The van der Waals surface area contributed by atoms with E-state index >= 15 is 0 Å². The van der Waals surface area contributed by atoms with Gasteiger partial charge in [-0.25, -0.2) is 4.72 Å². The Labute approximate surface area is 147 Å². The van der Waals surface area contributed by atoms with Crippen LogP contribution >= 0.6 is 0 Å². The van der Waals surface area contributed by atoms with Crippen LogP contribution in [0, 0.1) is 11.3 Å². The van der Waals surface area contributed by atoms with E-state index in [9.17, 15) is 18.3 Å². The van der Waals surface area contributed by atoms with Gasteiger partial charge in [0.2, 0.25) is 0 Å². The highest BCUT2D eigenvalue weighted by molar-refractivity contribution is 7.87. The Morgan fingerprint density at radius 3 is 2.48 bits per heavy atom. The number of carboxylic acid groups (broad SMARTS) is 1. The highest BCUT2D eigenvalue weighted by Crippen LogP contribution is 2.44. The summed E-state index contributed by atoms with van der Waals surface area (Å²) in [6, 6.07) is 0. The van der Waals surface area contributed by atoms with Crippen LogP contribution in [-0.2, 0) is 15.0 Å². The van der Waals surface area contributed by atoms with Crippen molar-refractivity contribution >= 4 is 23.3 Å². The number of hydrogen-bond donors (Lipinski definition) is 6. The van der Waals surface area contributed by atoms with Crippen LogP contribution in [0.3, 0.4) is 0 Å². The molecule has 0 spiro atoms. The smallest absolute Gasteiger partial charge is 0.451 e. The van der Waals surface area contributed by atoms with Gasteiger partial charge in [-0.2, -0.15) is 12.7 Å². The van der Waals surface area contributed by atoms with Gasteiger partial charge in [-0.1, -0.05) is 6.42 Å². The van der Waals surface area contributed by atoms with Gasteiger partial charge in [-0.15, -0.1) is 0 Å². The van der Waals surface area contributed by atoms with Crippen molar-refractivity contribution in [1.82, 2.24) is 9.03 Å². The van der Waals surface area contributed by atoms with E-state index in [0.29, 0.717) is 19.4 Å². The molecule has 0 aromatic heterocycles. The highest BCUT2D eigenvalue weighted by atomic mass is 32.2. The lowest BCUT2D eigenvalue weighted by Gasteiger charge is -2.25. The molecule has 2 rings (SSSR count). The highest BCUT2D eigenvalue weighted by Gasteiger charge is 2.52. The minimum atomic E-state index is -3.86. The van der Waals surface area contributed by atoms with Crippen molar-refractivity contribution in [3.8, 4) is 0 Å². The predicted molar refractivity (Wildman–Crippen MR) is 91.5 cm³/mol. The summed E-state index contributed by atoms with van der Waals surface area (Å²) >= 11 is 0. The van der Waals surface area contributed by atoms with Crippen molar-refractivity contribution in [2.75, 3.05) is 26.2 Å². The van der Waals surface area contributed by atoms with Gasteiger partial charge in [-0.05, 0) is 37.5 Å². The first-order valence-electron chi connectivity index (χ1n) is 8.38. The number of hydrogen-bond acceptors (Lipinski definition) is 7. The topological polar surface area (TPSA) is 179 Å². The van der Waals surface area contributed by atoms with E-state index in [4.69, 9.17) is 21.5 Å². The molecule has 0 aromatic carbocycles. The van der Waals surface area contributed by atoms with E-state index in [-0.39, 0.29) is 31.4 Å². The van der Waals surface area contributed by atoms with Crippen LogP contribution in [0.25, 0.3) is 0 Å². The first-order valence-corrected chi connectivity index (χ1v) is 9.82. The molecular weight excluding hydrogens is 351 g/mol. The molecule has 1 saturated carbocycles. The predicted octanol–water partition coefficient (Wildman–Crippen LogP) is -2.47. The number of aliphatic carboxylic acids is 1. The van der Waals surface area contributed by atoms with Gasteiger partial charge in [0.1, 0.15) is 5.54 Å². The zero-order chi connectivity index (χ0) is 18.9. The Kier molecular flexibility index (Phi) is 6.14. The Morgan fingerprint density at radius 1 is 1.36 bits per heavy atom. The summed E-state index contributed by atoms with van der Waals surface area (Å²) in [6.45, 7) is 0.293. The lowest BCUT2D eigenvalue weighted by molar-refractivity contribution is -0.144. The van der Waals surface area contributed by atoms with E-state index in [1.807, 2.05) is 0 Å². The van der Waals surface area contributed by atoms with Gasteiger partial charge in [0.15, 0.2) is 0 Å². The molecule has 1 saturated heterocycles.